The molecule has 0 bridgehead atoms. The molecular formula is C10H7Cl2NO2. The third kappa shape index (κ3) is 2.08. The van der Waals surface area contributed by atoms with E-state index in [0.717, 1.165) is 10.9 Å². The standard InChI is InChI=1S/C10H7Cl2NO2/c11-5-10(14)15-9-3-6-1-2-13-8(6)4-7(9)12/h1-4,13H,5H2. The third-order valence-corrected chi connectivity index (χ3v) is 2.45. The Labute approximate surface area is 95.9 Å². The van der Waals surface area contributed by atoms with Crippen LogP contribution in [0.5, 0.6) is 5.75 Å². The molecule has 2 rings (SSSR count). The second-order valence-electron chi connectivity index (χ2n) is 2.96. The van der Waals surface area contributed by atoms with Crippen molar-refractivity contribution < 1.29 is 9.53 Å². The predicted octanol–water partition coefficient (Wildman–Crippen LogP) is 2.97. The average molecular weight is 244 g/mol. The molecule has 1 heterocycles. The average Bonchev–Trinajstić information content (AvgIpc) is 2.65. The van der Waals surface area contributed by atoms with Gasteiger partial charge >= 0.3 is 5.97 Å². The SMILES string of the molecule is O=C(CCl)Oc1cc2cc[nH]c2cc1Cl. The number of aromatic amines is 1. The van der Waals surface area contributed by atoms with E-state index in [0.29, 0.717) is 10.8 Å². The van der Waals surface area contributed by atoms with Gasteiger partial charge in [0.15, 0.2) is 0 Å². The van der Waals surface area contributed by atoms with Crippen molar-refractivity contribution in [1.29, 1.82) is 0 Å². The fourth-order valence-corrected chi connectivity index (χ4v) is 1.54. The summed E-state index contributed by atoms with van der Waals surface area (Å²) in [7, 11) is 0. The number of nitrogens with one attached hydrogen (secondary N) is 1. The summed E-state index contributed by atoms with van der Waals surface area (Å²) in [5.41, 5.74) is 0.894. The first-order valence-corrected chi connectivity index (χ1v) is 5.15. The number of halogens is 2. The molecule has 0 saturated heterocycles. The smallest absolute Gasteiger partial charge is 0.326 e. The van der Waals surface area contributed by atoms with Gasteiger partial charge in [-0.3, -0.25) is 4.79 Å². The Hall–Kier alpha value is -1.19. The summed E-state index contributed by atoms with van der Waals surface area (Å²) >= 11 is 11.2. The lowest BCUT2D eigenvalue weighted by Crippen LogP contribution is -2.09. The molecule has 1 aromatic carbocycles. The first-order valence-electron chi connectivity index (χ1n) is 4.24. The number of alkyl halides is 1. The van der Waals surface area contributed by atoms with Crippen LogP contribution in [-0.4, -0.2) is 16.8 Å². The molecule has 1 aromatic heterocycles. The lowest BCUT2D eigenvalue weighted by Gasteiger charge is -2.04. The van der Waals surface area contributed by atoms with Crippen LogP contribution in [0.3, 0.4) is 0 Å². The van der Waals surface area contributed by atoms with Crippen molar-refractivity contribution in [2.75, 3.05) is 5.88 Å². The van der Waals surface area contributed by atoms with E-state index in [-0.39, 0.29) is 5.88 Å². The minimum absolute atomic E-state index is 0.193. The molecule has 15 heavy (non-hydrogen) atoms. The van der Waals surface area contributed by atoms with E-state index in [9.17, 15) is 4.79 Å². The maximum Gasteiger partial charge on any atom is 0.326 e. The lowest BCUT2D eigenvalue weighted by molar-refractivity contribution is -0.131. The number of fused-ring (bicyclic) bond motifs is 1. The van der Waals surface area contributed by atoms with E-state index in [1.165, 1.54) is 0 Å². The molecule has 2 aromatic rings. The van der Waals surface area contributed by atoms with Crippen LogP contribution in [0.25, 0.3) is 10.9 Å². The molecule has 0 amide bonds. The number of benzene rings is 1. The number of esters is 1. The van der Waals surface area contributed by atoms with Gasteiger partial charge < -0.3 is 9.72 Å². The largest absolute Gasteiger partial charge is 0.424 e. The zero-order valence-corrected chi connectivity index (χ0v) is 9.10. The van der Waals surface area contributed by atoms with Gasteiger partial charge in [-0.05, 0) is 18.2 Å². The first kappa shape index (κ1) is 10.3. The maximum atomic E-state index is 11.0. The van der Waals surface area contributed by atoms with Gasteiger partial charge in [-0.2, -0.15) is 0 Å². The van der Waals surface area contributed by atoms with Crippen LogP contribution in [0.15, 0.2) is 24.4 Å². The number of aromatic nitrogens is 1. The highest BCUT2D eigenvalue weighted by Crippen LogP contribution is 2.29. The topological polar surface area (TPSA) is 42.1 Å². The third-order valence-electron chi connectivity index (χ3n) is 1.94. The molecule has 1 N–H and O–H groups in total. The van der Waals surface area contributed by atoms with Gasteiger partial charge in [0.2, 0.25) is 0 Å². The van der Waals surface area contributed by atoms with Crippen molar-refractivity contribution in [1.82, 2.24) is 4.98 Å². The molecule has 5 heteroatoms. The van der Waals surface area contributed by atoms with Crippen molar-refractivity contribution in [2.45, 2.75) is 0 Å². The molecule has 0 aliphatic rings. The summed E-state index contributed by atoms with van der Waals surface area (Å²) < 4.78 is 4.96. The minimum atomic E-state index is -0.520. The van der Waals surface area contributed by atoms with Crippen LogP contribution in [0.4, 0.5) is 0 Å². The van der Waals surface area contributed by atoms with Gasteiger partial charge in [-0.15, -0.1) is 11.6 Å². The van der Waals surface area contributed by atoms with E-state index in [4.69, 9.17) is 27.9 Å². The Balaban J connectivity index is 2.41. The highest BCUT2D eigenvalue weighted by Gasteiger charge is 2.09. The first-order chi connectivity index (χ1) is 7.20. The molecule has 3 nitrogen and oxygen atoms in total. The van der Waals surface area contributed by atoms with E-state index >= 15 is 0 Å². The fraction of sp³-hybridized carbons (Fsp3) is 0.100. The molecule has 0 unspecified atom stereocenters. The summed E-state index contributed by atoms with van der Waals surface area (Å²) in [6.45, 7) is 0. The number of hydrogen-bond donors (Lipinski definition) is 1. The maximum absolute atomic E-state index is 11.0. The molecule has 78 valence electrons. The Morgan fingerprint density at radius 1 is 1.47 bits per heavy atom. The van der Waals surface area contributed by atoms with Crippen molar-refractivity contribution in [3.8, 4) is 5.75 Å². The Bertz CT molecular complexity index is 507. The minimum Gasteiger partial charge on any atom is -0.424 e. The quantitative estimate of drug-likeness (QED) is 0.501. The van der Waals surface area contributed by atoms with Gasteiger partial charge in [-0.25, -0.2) is 0 Å². The monoisotopic (exact) mass is 243 g/mol. The molecule has 0 fully saturated rings. The zero-order valence-electron chi connectivity index (χ0n) is 7.59. The molecule has 0 aliphatic heterocycles. The normalized spacial score (nSPS) is 10.5. The van der Waals surface area contributed by atoms with Gasteiger partial charge in [0.05, 0.1) is 5.02 Å². The number of rotatable bonds is 2. The van der Waals surface area contributed by atoms with Crippen LogP contribution in [-0.2, 0) is 4.79 Å². The number of H-pyrrole nitrogens is 1. The second kappa shape index (κ2) is 4.13. The number of ether oxygens (including phenoxy) is 1. The van der Waals surface area contributed by atoms with Crippen LogP contribution < -0.4 is 4.74 Å². The van der Waals surface area contributed by atoms with Crippen LogP contribution in [0.2, 0.25) is 5.02 Å². The van der Waals surface area contributed by atoms with Crippen molar-refractivity contribution in [2.24, 2.45) is 0 Å². The van der Waals surface area contributed by atoms with Gasteiger partial charge in [0, 0.05) is 17.1 Å². The molecule has 0 saturated carbocycles. The summed E-state index contributed by atoms with van der Waals surface area (Å²) in [5.74, 6) is -0.385. The summed E-state index contributed by atoms with van der Waals surface area (Å²) in [6.07, 6.45) is 1.79. The number of hydrogen-bond acceptors (Lipinski definition) is 2. The van der Waals surface area contributed by atoms with E-state index in [2.05, 4.69) is 4.98 Å². The van der Waals surface area contributed by atoms with E-state index in [1.54, 1.807) is 18.3 Å². The zero-order chi connectivity index (χ0) is 10.8. The summed E-state index contributed by atoms with van der Waals surface area (Å²) in [5, 5.41) is 1.31. The van der Waals surface area contributed by atoms with Crippen LogP contribution >= 0.6 is 23.2 Å². The number of carbonyl (C=O) groups excluding carboxylic acids is 1. The van der Waals surface area contributed by atoms with Crippen molar-refractivity contribution >= 4 is 40.1 Å². The molecule has 0 aliphatic carbocycles. The predicted molar refractivity (Wildman–Crippen MR) is 59.7 cm³/mol. The fourth-order valence-electron chi connectivity index (χ4n) is 1.28. The van der Waals surface area contributed by atoms with Crippen LogP contribution in [0.1, 0.15) is 0 Å². The van der Waals surface area contributed by atoms with Gasteiger partial charge in [0.25, 0.3) is 0 Å². The van der Waals surface area contributed by atoms with Crippen LogP contribution in [0, 0.1) is 0 Å². The number of carbonyl (C=O) groups is 1. The van der Waals surface area contributed by atoms with Crippen molar-refractivity contribution in [3.63, 3.8) is 0 Å². The highest BCUT2D eigenvalue weighted by molar-refractivity contribution is 6.33. The molecule has 0 spiro atoms. The lowest BCUT2D eigenvalue weighted by atomic mass is 10.2. The van der Waals surface area contributed by atoms with Crippen molar-refractivity contribution in [3.05, 3.63) is 29.4 Å². The van der Waals surface area contributed by atoms with Gasteiger partial charge in [0.1, 0.15) is 11.6 Å². The Morgan fingerprint density at radius 3 is 3.00 bits per heavy atom. The van der Waals surface area contributed by atoms with Gasteiger partial charge in [-0.1, -0.05) is 11.6 Å². The molecule has 0 radical (unpaired) electrons. The Kier molecular flexibility index (Phi) is 2.84. The van der Waals surface area contributed by atoms with E-state index in [1.807, 2.05) is 6.07 Å². The molecular weight excluding hydrogens is 237 g/mol. The molecule has 0 atom stereocenters. The van der Waals surface area contributed by atoms with E-state index < -0.39 is 5.97 Å². The second-order valence-corrected chi connectivity index (χ2v) is 3.63. The summed E-state index contributed by atoms with van der Waals surface area (Å²) in [4.78, 5) is 14.0. The summed E-state index contributed by atoms with van der Waals surface area (Å²) in [6, 6.07) is 5.26. The Morgan fingerprint density at radius 2 is 2.27 bits per heavy atom. The highest BCUT2D eigenvalue weighted by atomic mass is 35.5.